The van der Waals surface area contributed by atoms with Crippen molar-refractivity contribution in [3.05, 3.63) is 30.0 Å². The van der Waals surface area contributed by atoms with Crippen LogP contribution in [0.15, 0.2) is 24.3 Å². The molecule has 0 radical (unpaired) electrons. The molecule has 0 aliphatic carbocycles. The van der Waals surface area contributed by atoms with E-state index in [1.165, 1.54) is 0 Å². The van der Waals surface area contributed by atoms with E-state index < -0.39 is 0 Å². The van der Waals surface area contributed by atoms with Crippen molar-refractivity contribution in [1.29, 1.82) is 0 Å². The first kappa shape index (κ1) is 12.2. The molecule has 1 aromatic heterocycles. The van der Waals surface area contributed by atoms with Crippen molar-refractivity contribution >= 4 is 22.5 Å². The molecule has 19 heavy (non-hydrogen) atoms. The number of aromatic amines is 1. The van der Waals surface area contributed by atoms with Crippen LogP contribution in [-0.4, -0.2) is 24.0 Å². The van der Waals surface area contributed by atoms with Gasteiger partial charge in [0.25, 0.3) is 0 Å². The third-order valence-electron chi connectivity index (χ3n) is 3.73. The Morgan fingerprint density at radius 3 is 2.84 bits per heavy atom. The summed E-state index contributed by atoms with van der Waals surface area (Å²) in [5, 5.41) is 7.45. The normalized spacial score (nSPS) is 16.7. The van der Waals surface area contributed by atoms with Gasteiger partial charge in [-0.25, -0.2) is 0 Å². The maximum absolute atomic E-state index is 12.2. The lowest BCUT2D eigenvalue weighted by Crippen LogP contribution is -2.34. The molecule has 0 bridgehead atoms. The zero-order valence-electron chi connectivity index (χ0n) is 11.1. The maximum atomic E-state index is 12.2. The summed E-state index contributed by atoms with van der Waals surface area (Å²) in [4.78, 5) is 15.4. The Morgan fingerprint density at radius 2 is 2.05 bits per heavy atom. The summed E-state index contributed by atoms with van der Waals surface area (Å²) in [6, 6.07) is 8.09. The van der Waals surface area contributed by atoms with Crippen molar-refractivity contribution in [3.8, 4) is 0 Å². The van der Waals surface area contributed by atoms with Gasteiger partial charge in [0.05, 0.1) is 0 Å². The van der Waals surface area contributed by atoms with Crippen LogP contribution in [0.1, 0.15) is 18.5 Å². The van der Waals surface area contributed by atoms with E-state index in [-0.39, 0.29) is 11.8 Å². The number of anilines is 1. The van der Waals surface area contributed by atoms with Gasteiger partial charge in [-0.15, -0.1) is 0 Å². The number of hydrogen-bond acceptors (Lipinski definition) is 2. The first-order valence-corrected chi connectivity index (χ1v) is 6.83. The van der Waals surface area contributed by atoms with Gasteiger partial charge in [0, 0.05) is 28.2 Å². The molecule has 0 atom stereocenters. The summed E-state index contributed by atoms with van der Waals surface area (Å²) in [5.41, 5.74) is 3.13. The average molecular weight is 257 g/mol. The van der Waals surface area contributed by atoms with Gasteiger partial charge >= 0.3 is 0 Å². The number of benzene rings is 1. The van der Waals surface area contributed by atoms with Gasteiger partial charge in [-0.1, -0.05) is 0 Å². The van der Waals surface area contributed by atoms with Crippen molar-refractivity contribution in [2.24, 2.45) is 5.92 Å². The Hall–Kier alpha value is -1.81. The molecule has 4 heteroatoms. The molecule has 4 nitrogen and oxygen atoms in total. The van der Waals surface area contributed by atoms with Crippen LogP contribution in [0.2, 0.25) is 0 Å². The summed E-state index contributed by atoms with van der Waals surface area (Å²) in [5.74, 6) is 0.290. The van der Waals surface area contributed by atoms with Gasteiger partial charge < -0.3 is 15.6 Å². The van der Waals surface area contributed by atoms with Crippen LogP contribution in [0.3, 0.4) is 0 Å². The van der Waals surface area contributed by atoms with E-state index >= 15 is 0 Å². The fourth-order valence-electron chi connectivity index (χ4n) is 2.68. The maximum Gasteiger partial charge on any atom is 0.227 e. The van der Waals surface area contributed by atoms with Crippen LogP contribution in [-0.2, 0) is 4.79 Å². The fourth-order valence-corrected chi connectivity index (χ4v) is 2.68. The summed E-state index contributed by atoms with van der Waals surface area (Å²) in [6.45, 7) is 3.91. The molecule has 2 heterocycles. The molecule has 0 unspecified atom stereocenters. The number of H-pyrrole nitrogens is 1. The number of carbonyl (C=O) groups is 1. The van der Waals surface area contributed by atoms with E-state index in [1.54, 1.807) is 0 Å². The summed E-state index contributed by atoms with van der Waals surface area (Å²) in [7, 11) is 0. The molecule has 2 aromatic rings. The molecule has 1 fully saturated rings. The first-order valence-electron chi connectivity index (χ1n) is 6.83. The minimum absolute atomic E-state index is 0.143. The number of amides is 1. The van der Waals surface area contributed by atoms with Crippen molar-refractivity contribution in [2.45, 2.75) is 19.8 Å². The van der Waals surface area contributed by atoms with E-state index in [0.717, 1.165) is 48.2 Å². The Labute approximate surface area is 112 Å². The van der Waals surface area contributed by atoms with E-state index in [1.807, 2.05) is 25.1 Å². The Morgan fingerprint density at radius 1 is 1.26 bits per heavy atom. The number of aromatic nitrogens is 1. The van der Waals surface area contributed by atoms with E-state index in [9.17, 15) is 4.79 Å². The molecule has 1 saturated heterocycles. The zero-order valence-corrected chi connectivity index (χ0v) is 11.1. The van der Waals surface area contributed by atoms with Crippen molar-refractivity contribution in [2.75, 3.05) is 18.4 Å². The highest BCUT2D eigenvalue weighted by atomic mass is 16.1. The van der Waals surface area contributed by atoms with Gasteiger partial charge in [-0.05, 0) is 57.1 Å². The Balaban J connectivity index is 1.74. The van der Waals surface area contributed by atoms with E-state index in [0.29, 0.717) is 0 Å². The van der Waals surface area contributed by atoms with Crippen molar-refractivity contribution in [3.63, 3.8) is 0 Å². The first-order chi connectivity index (χ1) is 9.22. The third kappa shape index (κ3) is 2.63. The summed E-state index contributed by atoms with van der Waals surface area (Å²) < 4.78 is 0. The molecule has 1 aromatic carbocycles. The molecule has 1 aliphatic rings. The molecule has 1 aliphatic heterocycles. The second-order valence-electron chi connectivity index (χ2n) is 5.27. The number of rotatable bonds is 2. The largest absolute Gasteiger partial charge is 0.359 e. The molecule has 100 valence electrons. The number of carbonyl (C=O) groups excluding carboxylic acids is 1. The highest BCUT2D eigenvalue weighted by Crippen LogP contribution is 2.21. The van der Waals surface area contributed by atoms with Crippen LogP contribution < -0.4 is 10.6 Å². The molecule has 3 rings (SSSR count). The van der Waals surface area contributed by atoms with Gasteiger partial charge in [0.2, 0.25) is 5.91 Å². The van der Waals surface area contributed by atoms with Gasteiger partial charge in [0.1, 0.15) is 0 Å². The molecule has 1 amide bonds. The second kappa shape index (κ2) is 5.05. The minimum Gasteiger partial charge on any atom is -0.359 e. The smallest absolute Gasteiger partial charge is 0.227 e. The van der Waals surface area contributed by atoms with Gasteiger partial charge in [-0.3, -0.25) is 4.79 Å². The lowest BCUT2D eigenvalue weighted by molar-refractivity contribution is -0.120. The Bertz CT molecular complexity index is 596. The third-order valence-corrected chi connectivity index (χ3v) is 3.73. The van der Waals surface area contributed by atoms with Crippen molar-refractivity contribution < 1.29 is 4.79 Å². The number of hydrogen-bond donors (Lipinski definition) is 3. The zero-order chi connectivity index (χ0) is 13.2. The predicted octanol–water partition coefficient (Wildman–Crippen LogP) is 2.41. The van der Waals surface area contributed by atoms with E-state index in [4.69, 9.17) is 0 Å². The average Bonchev–Trinajstić information content (AvgIpc) is 2.79. The predicted molar refractivity (Wildman–Crippen MR) is 77.3 cm³/mol. The Kier molecular flexibility index (Phi) is 3.25. The summed E-state index contributed by atoms with van der Waals surface area (Å²) in [6.07, 6.45) is 1.86. The highest BCUT2D eigenvalue weighted by Gasteiger charge is 2.20. The lowest BCUT2D eigenvalue weighted by atomic mass is 9.97. The SMILES string of the molecule is Cc1cc2cc(NC(=O)C3CCNCC3)ccc2[nH]1. The highest BCUT2D eigenvalue weighted by molar-refractivity contribution is 5.95. The van der Waals surface area contributed by atoms with Gasteiger partial charge in [0.15, 0.2) is 0 Å². The standard InChI is InChI=1S/C15H19N3O/c1-10-8-12-9-13(2-3-14(12)17-10)18-15(19)11-4-6-16-7-5-11/h2-3,8-9,11,16-17H,4-7H2,1H3,(H,18,19). The summed E-state index contributed by atoms with van der Waals surface area (Å²) >= 11 is 0. The van der Waals surface area contributed by atoms with Crippen LogP contribution in [0.5, 0.6) is 0 Å². The monoisotopic (exact) mass is 257 g/mol. The number of nitrogens with one attached hydrogen (secondary N) is 3. The van der Waals surface area contributed by atoms with Crippen LogP contribution >= 0.6 is 0 Å². The molecule has 0 spiro atoms. The van der Waals surface area contributed by atoms with Gasteiger partial charge in [-0.2, -0.15) is 0 Å². The number of aryl methyl sites for hydroxylation is 1. The fraction of sp³-hybridized carbons (Fsp3) is 0.400. The molecule has 3 N–H and O–H groups in total. The molecular formula is C15H19N3O. The molecule has 0 saturated carbocycles. The topological polar surface area (TPSA) is 56.9 Å². The van der Waals surface area contributed by atoms with Crippen LogP contribution in [0.25, 0.3) is 10.9 Å². The number of piperidine rings is 1. The second-order valence-corrected chi connectivity index (χ2v) is 5.27. The molecular weight excluding hydrogens is 238 g/mol. The van der Waals surface area contributed by atoms with Crippen LogP contribution in [0.4, 0.5) is 5.69 Å². The quantitative estimate of drug-likeness (QED) is 0.774. The van der Waals surface area contributed by atoms with Crippen LogP contribution in [0, 0.1) is 12.8 Å². The van der Waals surface area contributed by atoms with Crippen molar-refractivity contribution in [1.82, 2.24) is 10.3 Å². The number of fused-ring (bicyclic) bond motifs is 1. The van der Waals surface area contributed by atoms with E-state index in [2.05, 4.69) is 21.7 Å². The minimum atomic E-state index is 0.143. The lowest BCUT2D eigenvalue weighted by Gasteiger charge is -2.21.